The standard InChI is InChI=1S/C22H31N3O4S/c1-17-14-18(8-9-21(17)30(2,26)27)15-24-22(23-11-10-19-7-5-13-28-19)25-16-20-6-3-4-12-29-20/h5,7-9,13-14,20H,3-4,6,10-12,15-16H2,1-2H3,(H2,23,24,25). The van der Waals surface area contributed by atoms with Gasteiger partial charge < -0.3 is 19.8 Å². The fourth-order valence-electron chi connectivity index (χ4n) is 3.51. The number of furan rings is 1. The van der Waals surface area contributed by atoms with Gasteiger partial charge in [-0.25, -0.2) is 13.4 Å². The van der Waals surface area contributed by atoms with Crippen LogP contribution in [0.5, 0.6) is 0 Å². The van der Waals surface area contributed by atoms with Crippen LogP contribution in [0.3, 0.4) is 0 Å². The van der Waals surface area contributed by atoms with Crippen LogP contribution in [0, 0.1) is 6.92 Å². The van der Waals surface area contributed by atoms with E-state index >= 15 is 0 Å². The fourth-order valence-corrected chi connectivity index (χ4v) is 4.47. The summed E-state index contributed by atoms with van der Waals surface area (Å²) in [6.45, 7) is 4.48. The molecule has 164 valence electrons. The Kier molecular flexibility index (Phi) is 7.93. The van der Waals surface area contributed by atoms with Crippen molar-refractivity contribution in [3.63, 3.8) is 0 Å². The Morgan fingerprint density at radius 2 is 2.10 bits per heavy atom. The molecule has 3 rings (SSSR count). The van der Waals surface area contributed by atoms with E-state index < -0.39 is 9.84 Å². The van der Waals surface area contributed by atoms with Gasteiger partial charge in [0.1, 0.15) is 5.76 Å². The Morgan fingerprint density at radius 3 is 2.77 bits per heavy atom. The molecule has 0 spiro atoms. The average molecular weight is 434 g/mol. The third kappa shape index (κ3) is 6.88. The summed E-state index contributed by atoms with van der Waals surface area (Å²) < 4.78 is 34.8. The molecule has 1 saturated heterocycles. The smallest absolute Gasteiger partial charge is 0.191 e. The number of rotatable bonds is 8. The summed E-state index contributed by atoms with van der Waals surface area (Å²) in [5.41, 5.74) is 1.70. The van der Waals surface area contributed by atoms with Gasteiger partial charge in [0, 0.05) is 32.4 Å². The summed E-state index contributed by atoms with van der Waals surface area (Å²) in [7, 11) is -3.22. The van der Waals surface area contributed by atoms with Gasteiger partial charge in [0.15, 0.2) is 15.8 Å². The Bertz CT molecular complexity index is 933. The van der Waals surface area contributed by atoms with E-state index in [0.717, 1.165) is 42.8 Å². The first-order chi connectivity index (χ1) is 14.4. The van der Waals surface area contributed by atoms with Crippen LogP contribution in [0.25, 0.3) is 0 Å². The Balaban J connectivity index is 1.62. The maximum atomic E-state index is 11.8. The van der Waals surface area contributed by atoms with Crippen LogP contribution in [0.15, 0.2) is 50.9 Å². The topological polar surface area (TPSA) is 92.9 Å². The van der Waals surface area contributed by atoms with E-state index in [0.29, 0.717) is 30.5 Å². The molecule has 2 heterocycles. The predicted molar refractivity (Wildman–Crippen MR) is 117 cm³/mol. The summed E-state index contributed by atoms with van der Waals surface area (Å²) >= 11 is 0. The summed E-state index contributed by atoms with van der Waals surface area (Å²) in [4.78, 5) is 5.05. The lowest BCUT2D eigenvalue weighted by Crippen LogP contribution is -2.43. The molecule has 2 aromatic rings. The number of sulfone groups is 1. The first-order valence-electron chi connectivity index (χ1n) is 10.4. The summed E-state index contributed by atoms with van der Waals surface area (Å²) in [6.07, 6.45) is 7.23. The van der Waals surface area contributed by atoms with Crippen LogP contribution in [0.4, 0.5) is 0 Å². The summed E-state index contributed by atoms with van der Waals surface area (Å²) in [5.74, 6) is 1.63. The van der Waals surface area contributed by atoms with Crippen molar-refractivity contribution in [1.29, 1.82) is 0 Å². The molecule has 1 aliphatic rings. The van der Waals surface area contributed by atoms with Gasteiger partial charge in [0.25, 0.3) is 0 Å². The lowest BCUT2D eigenvalue weighted by atomic mass is 10.1. The minimum Gasteiger partial charge on any atom is -0.469 e. The highest BCUT2D eigenvalue weighted by molar-refractivity contribution is 7.90. The number of aliphatic imine (C=N–C) groups is 1. The number of guanidine groups is 1. The molecule has 0 radical (unpaired) electrons. The highest BCUT2D eigenvalue weighted by Gasteiger charge is 2.14. The van der Waals surface area contributed by atoms with Crippen molar-refractivity contribution in [2.45, 2.75) is 50.2 Å². The molecular formula is C22H31N3O4S. The molecule has 8 heteroatoms. The number of benzene rings is 1. The van der Waals surface area contributed by atoms with E-state index in [1.165, 1.54) is 12.7 Å². The van der Waals surface area contributed by atoms with Crippen molar-refractivity contribution >= 4 is 15.8 Å². The minimum absolute atomic E-state index is 0.201. The number of ether oxygens (including phenoxy) is 1. The lowest BCUT2D eigenvalue weighted by Gasteiger charge is -2.23. The Labute approximate surface area is 178 Å². The average Bonchev–Trinajstić information content (AvgIpc) is 3.23. The van der Waals surface area contributed by atoms with Crippen molar-refractivity contribution in [3.8, 4) is 0 Å². The van der Waals surface area contributed by atoms with Crippen molar-refractivity contribution in [2.24, 2.45) is 4.99 Å². The van der Waals surface area contributed by atoms with Crippen LogP contribution < -0.4 is 10.6 Å². The fraction of sp³-hybridized carbons (Fsp3) is 0.500. The van der Waals surface area contributed by atoms with Gasteiger partial charge >= 0.3 is 0 Å². The second-order valence-corrected chi connectivity index (χ2v) is 9.65. The quantitative estimate of drug-likeness (QED) is 0.491. The molecule has 1 atom stereocenters. The number of nitrogens with zero attached hydrogens (tertiary/aromatic N) is 1. The van der Waals surface area contributed by atoms with Crippen LogP contribution in [0.2, 0.25) is 0 Å². The van der Waals surface area contributed by atoms with E-state index in [1.54, 1.807) is 12.3 Å². The molecule has 1 aliphatic heterocycles. The molecule has 0 amide bonds. The molecule has 1 fully saturated rings. The van der Waals surface area contributed by atoms with E-state index in [4.69, 9.17) is 9.15 Å². The van der Waals surface area contributed by atoms with Gasteiger partial charge in [-0.1, -0.05) is 12.1 Å². The Morgan fingerprint density at radius 1 is 1.23 bits per heavy atom. The van der Waals surface area contributed by atoms with Crippen LogP contribution >= 0.6 is 0 Å². The SMILES string of the molecule is Cc1cc(CN=C(NCCc2ccco2)NCC2CCCCO2)ccc1S(C)(=O)=O. The highest BCUT2D eigenvalue weighted by Crippen LogP contribution is 2.17. The lowest BCUT2D eigenvalue weighted by molar-refractivity contribution is 0.0194. The van der Waals surface area contributed by atoms with Gasteiger partial charge in [-0.15, -0.1) is 0 Å². The molecule has 0 bridgehead atoms. The number of hydrogen-bond acceptors (Lipinski definition) is 5. The van der Waals surface area contributed by atoms with E-state index in [1.807, 2.05) is 31.2 Å². The van der Waals surface area contributed by atoms with Crippen molar-refractivity contribution in [3.05, 3.63) is 53.5 Å². The molecule has 7 nitrogen and oxygen atoms in total. The van der Waals surface area contributed by atoms with Crippen molar-refractivity contribution in [2.75, 3.05) is 26.0 Å². The van der Waals surface area contributed by atoms with Gasteiger partial charge in [0.05, 0.1) is 23.8 Å². The van der Waals surface area contributed by atoms with Gasteiger partial charge in [-0.05, 0) is 55.5 Å². The van der Waals surface area contributed by atoms with Crippen LogP contribution in [-0.2, 0) is 27.5 Å². The first-order valence-corrected chi connectivity index (χ1v) is 12.3. The largest absolute Gasteiger partial charge is 0.469 e. The zero-order valence-electron chi connectivity index (χ0n) is 17.7. The monoisotopic (exact) mass is 433 g/mol. The maximum Gasteiger partial charge on any atom is 0.191 e. The van der Waals surface area contributed by atoms with Crippen molar-refractivity contribution < 1.29 is 17.6 Å². The predicted octanol–water partition coefficient (Wildman–Crippen LogP) is 2.84. The zero-order valence-corrected chi connectivity index (χ0v) is 18.5. The maximum absolute atomic E-state index is 11.8. The first kappa shape index (κ1) is 22.4. The molecule has 30 heavy (non-hydrogen) atoms. The normalized spacial score (nSPS) is 17.7. The molecule has 1 aromatic carbocycles. The molecule has 0 aliphatic carbocycles. The van der Waals surface area contributed by atoms with E-state index in [-0.39, 0.29) is 6.10 Å². The third-order valence-electron chi connectivity index (χ3n) is 5.07. The summed E-state index contributed by atoms with van der Waals surface area (Å²) in [5, 5.41) is 6.72. The molecule has 0 saturated carbocycles. The van der Waals surface area contributed by atoms with E-state index in [2.05, 4.69) is 15.6 Å². The number of aryl methyl sites for hydroxylation is 1. The molecule has 1 aromatic heterocycles. The zero-order chi connectivity index (χ0) is 21.4. The van der Waals surface area contributed by atoms with Gasteiger partial charge in [-0.2, -0.15) is 0 Å². The van der Waals surface area contributed by atoms with Crippen LogP contribution in [-0.4, -0.2) is 46.4 Å². The minimum atomic E-state index is -3.22. The van der Waals surface area contributed by atoms with Crippen molar-refractivity contribution in [1.82, 2.24) is 10.6 Å². The number of nitrogens with one attached hydrogen (secondary N) is 2. The van der Waals surface area contributed by atoms with Crippen LogP contribution in [0.1, 0.15) is 36.1 Å². The molecular weight excluding hydrogens is 402 g/mol. The second kappa shape index (κ2) is 10.6. The molecule has 2 N–H and O–H groups in total. The third-order valence-corrected chi connectivity index (χ3v) is 6.33. The Hall–Kier alpha value is -2.32. The second-order valence-electron chi connectivity index (χ2n) is 7.66. The van der Waals surface area contributed by atoms with Gasteiger partial charge in [0.2, 0.25) is 0 Å². The molecule has 1 unspecified atom stereocenters. The van der Waals surface area contributed by atoms with Gasteiger partial charge in [-0.3, -0.25) is 0 Å². The van der Waals surface area contributed by atoms with E-state index in [9.17, 15) is 8.42 Å². The highest BCUT2D eigenvalue weighted by atomic mass is 32.2. The number of hydrogen-bond donors (Lipinski definition) is 2. The summed E-state index contributed by atoms with van der Waals surface area (Å²) in [6, 6.07) is 9.18.